The predicted molar refractivity (Wildman–Crippen MR) is 73.9 cm³/mol. The number of rotatable bonds is 6. The molecule has 4 nitrogen and oxygen atoms in total. The zero-order valence-electron chi connectivity index (χ0n) is 9.47. The molecule has 0 bridgehead atoms. The van der Waals surface area contributed by atoms with Gasteiger partial charge in [0.25, 0.3) is 0 Å². The molecular weight excluding hydrogens is 333 g/mol. The summed E-state index contributed by atoms with van der Waals surface area (Å²) in [5.74, 6) is 0. The fourth-order valence-corrected chi connectivity index (χ4v) is 2.12. The fourth-order valence-electron chi connectivity index (χ4n) is 1.51. The Morgan fingerprint density at radius 3 is 2.71 bits per heavy atom. The van der Waals surface area contributed by atoms with Gasteiger partial charge in [-0.3, -0.25) is 0 Å². The molecule has 0 aliphatic heterocycles. The first kappa shape index (κ1) is 14.2. The number of aliphatic hydroxyl groups is 1. The summed E-state index contributed by atoms with van der Waals surface area (Å²) >= 11 is 2.21. The molecule has 0 spiro atoms. The van der Waals surface area contributed by atoms with Gasteiger partial charge >= 0.3 is 6.09 Å². The van der Waals surface area contributed by atoms with E-state index in [1.54, 1.807) is 0 Å². The number of halogens is 1. The Labute approximate surface area is 114 Å². The van der Waals surface area contributed by atoms with Crippen molar-refractivity contribution in [1.29, 1.82) is 0 Å². The Morgan fingerprint density at radius 1 is 1.35 bits per heavy atom. The molecule has 0 aliphatic rings. The van der Waals surface area contributed by atoms with Crippen LogP contribution in [0, 0.1) is 3.57 Å². The van der Waals surface area contributed by atoms with Gasteiger partial charge in [-0.25, -0.2) is 4.79 Å². The SMILES string of the molecule is O=C(O)N(CCCCO)Cc1cccc(I)c1. The lowest BCUT2D eigenvalue weighted by Gasteiger charge is -2.19. The maximum Gasteiger partial charge on any atom is 0.407 e. The van der Waals surface area contributed by atoms with Crippen LogP contribution in [0.3, 0.4) is 0 Å². The quantitative estimate of drug-likeness (QED) is 0.613. The van der Waals surface area contributed by atoms with Crippen molar-refractivity contribution in [3.63, 3.8) is 0 Å². The van der Waals surface area contributed by atoms with E-state index in [0.29, 0.717) is 25.9 Å². The standard InChI is InChI=1S/C12H16INO3/c13-11-5-3-4-10(8-11)9-14(12(16)17)6-1-2-7-15/h3-5,8,15H,1-2,6-7,9H2,(H,16,17). The topological polar surface area (TPSA) is 60.8 Å². The average molecular weight is 349 g/mol. The van der Waals surface area contributed by atoms with Gasteiger partial charge in [-0.15, -0.1) is 0 Å². The minimum absolute atomic E-state index is 0.108. The normalized spacial score (nSPS) is 10.2. The van der Waals surface area contributed by atoms with Crippen LogP contribution < -0.4 is 0 Å². The highest BCUT2D eigenvalue weighted by Gasteiger charge is 2.11. The van der Waals surface area contributed by atoms with Crippen molar-refractivity contribution in [2.45, 2.75) is 19.4 Å². The molecule has 2 N–H and O–H groups in total. The lowest BCUT2D eigenvalue weighted by molar-refractivity contribution is 0.140. The van der Waals surface area contributed by atoms with Crippen LogP contribution in [0.2, 0.25) is 0 Å². The third-order valence-electron chi connectivity index (χ3n) is 2.37. The number of amides is 1. The molecule has 1 rings (SSSR count). The molecule has 0 saturated carbocycles. The van der Waals surface area contributed by atoms with Gasteiger partial charge in [0.2, 0.25) is 0 Å². The summed E-state index contributed by atoms with van der Waals surface area (Å²) in [5.41, 5.74) is 0.989. The smallest absolute Gasteiger partial charge is 0.407 e. The van der Waals surface area contributed by atoms with E-state index in [1.807, 2.05) is 24.3 Å². The van der Waals surface area contributed by atoms with Gasteiger partial charge in [0.05, 0.1) is 0 Å². The summed E-state index contributed by atoms with van der Waals surface area (Å²) in [4.78, 5) is 12.4. The second kappa shape index (κ2) is 7.50. The van der Waals surface area contributed by atoms with E-state index < -0.39 is 6.09 Å². The second-order valence-electron chi connectivity index (χ2n) is 3.76. The van der Waals surface area contributed by atoms with E-state index in [2.05, 4.69) is 22.6 Å². The molecule has 94 valence electrons. The zero-order chi connectivity index (χ0) is 12.7. The number of benzene rings is 1. The molecule has 1 amide bonds. The van der Waals surface area contributed by atoms with Gasteiger partial charge in [0.15, 0.2) is 0 Å². The van der Waals surface area contributed by atoms with Crippen molar-refractivity contribution in [3.05, 3.63) is 33.4 Å². The molecule has 5 heteroatoms. The minimum atomic E-state index is -0.915. The van der Waals surface area contributed by atoms with Crippen LogP contribution in [0.15, 0.2) is 24.3 Å². The lowest BCUT2D eigenvalue weighted by atomic mass is 10.2. The summed E-state index contributed by atoms with van der Waals surface area (Å²) in [7, 11) is 0. The third-order valence-corrected chi connectivity index (χ3v) is 3.04. The number of carboxylic acid groups (broad SMARTS) is 1. The van der Waals surface area contributed by atoms with Gasteiger partial charge in [-0.1, -0.05) is 12.1 Å². The van der Waals surface area contributed by atoms with E-state index in [4.69, 9.17) is 10.2 Å². The molecule has 0 atom stereocenters. The maximum absolute atomic E-state index is 11.0. The van der Waals surface area contributed by atoms with Gasteiger partial charge in [-0.05, 0) is 53.1 Å². The molecule has 0 aliphatic carbocycles. The van der Waals surface area contributed by atoms with Crippen LogP contribution in [-0.2, 0) is 6.54 Å². The van der Waals surface area contributed by atoms with Crippen LogP contribution >= 0.6 is 22.6 Å². The molecule has 1 aromatic carbocycles. The highest BCUT2D eigenvalue weighted by molar-refractivity contribution is 14.1. The van der Waals surface area contributed by atoms with E-state index in [0.717, 1.165) is 9.13 Å². The van der Waals surface area contributed by atoms with Crippen molar-refractivity contribution in [3.8, 4) is 0 Å². The van der Waals surface area contributed by atoms with Crippen LogP contribution in [0.5, 0.6) is 0 Å². The van der Waals surface area contributed by atoms with Crippen molar-refractivity contribution >= 4 is 28.7 Å². The highest BCUT2D eigenvalue weighted by Crippen LogP contribution is 2.11. The van der Waals surface area contributed by atoms with E-state index >= 15 is 0 Å². The first-order valence-corrected chi connectivity index (χ1v) is 6.54. The number of unbranched alkanes of at least 4 members (excludes halogenated alkanes) is 1. The number of nitrogens with zero attached hydrogens (tertiary/aromatic N) is 1. The fraction of sp³-hybridized carbons (Fsp3) is 0.417. The van der Waals surface area contributed by atoms with Gasteiger partial charge < -0.3 is 15.1 Å². The Kier molecular flexibility index (Phi) is 6.28. The van der Waals surface area contributed by atoms with Crippen LogP contribution in [0.4, 0.5) is 4.79 Å². The predicted octanol–water partition coefficient (Wildman–Crippen LogP) is 2.54. The summed E-state index contributed by atoms with van der Waals surface area (Å²) in [6.07, 6.45) is 0.407. The number of carbonyl (C=O) groups is 1. The van der Waals surface area contributed by atoms with Gasteiger partial charge in [-0.2, -0.15) is 0 Å². The largest absolute Gasteiger partial charge is 0.465 e. The minimum Gasteiger partial charge on any atom is -0.465 e. The monoisotopic (exact) mass is 349 g/mol. The maximum atomic E-state index is 11.0. The molecular formula is C12H16INO3. The third kappa shape index (κ3) is 5.36. The van der Waals surface area contributed by atoms with Crippen LogP contribution in [0.1, 0.15) is 18.4 Å². The Hall–Kier alpha value is -0.820. The van der Waals surface area contributed by atoms with Crippen LogP contribution in [0.25, 0.3) is 0 Å². The molecule has 0 radical (unpaired) electrons. The molecule has 0 unspecified atom stereocenters. The summed E-state index contributed by atoms with van der Waals surface area (Å²) in [6, 6.07) is 7.79. The summed E-state index contributed by atoms with van der Waals surface area (Å²) in [5, 5.41) is 17.7. The average Bonchev–Trinajstić information content (AvgIpc) is 2.28. The summed E-state index contributed by atoms with van der Waals surface area (Å²) < 4.78 is 1.10. The highest BCUT2D eigenvalue weighted by atomic mass is 127. The Bertz CT molecular complexity index is 371. The molecule has 0 saturated heterocycles. The molecule has 0 aromatic heterocycles. The number of aliphatic hydroxyl groups excluding tert-OH is 1. The lowest BCUT2D eigenvalue weighted by Crippen LogP contribution is -2.30. The second-order valence-corrected chi connectivity index (χ2v) is 5.01. The first-order chi connectivity index (χ1) is 8.13. The Balaban J connectivity index is 2.57. The van der Waals surface area contributed by atoms with Crippen molar-refractivity contribution in [2.75, 3.05) is 13.2 Å². The van der Waals surface area contributed by atoms with Crippen molar-refractivity contribution in [2.24, 2.45) is 0 Å². The van der Waals surface area contributed by atoms with E-state index in [1.165, 1.54) is 4.90 Å². The molecule has 1 aromatic rings. The molecule has 17 heavy (non-hydrogen) atoms. The van der Waals surface area contributed by atoms with E-state index in [-0.39, 0.29) is 6.61 Å². The first-order valence-electron chi connectivity index (χ1n) is 5.46. The molecule has 0 fully saturated rings. The van der Waals surface area contributed by atoms with E-state index in [9.17, 15) is 4.79 Å². The zero-order valence-corrected chi connectivity index (χ0v) is 11.6. The number of hydrogen-bond acceptors (Lipinski definition) is 2. The van der Waals surface area contributed by atoms with Crippen molar-refractivity contribution in [1.82, 2.24) is 4.90 Å². The Morgan fingerprint density at radius 2 is 2.12 bits per heavy atom. The number of hydrogen-bond donors (Lipinski definition) is 2. The van der Waals surface area contributed by atoms with Gasteiger partial charge in [0, 0.05) is 23.3 Å². The van der Waals surface area contributed by atoms with Crippen molar-refractivity contribution < 1.29 is 15.0 Å². The summed E-state index contributed by atoms with van der Waals surface area (Å²) in [6.45, 7) is 0.968. The van der Waals surface area contributed by atoms with Gasteiger partial charge in [0.1, 0.15) is 0 Å². The van der Waals surface area contributed by atoms with Crippen LogP contribution in [-0.4, -0.2) is 34.4 Å². The molecule has 0 heterocycles.